The maximum atomic E-state index is 13.2. The van der Waals surface area contributed by atoms with Gasteiger partial charge in [0.15, 0.2) is 11.0 Å². The third kappa shape index (κ3) is 3.49. The molecule has 4 nitrogen and oxygen atoms in total. The van der Waals surface area contributed by atoms with Crippen molar-refractivity contribution in [3.8, 4) is 11.4 Å². The Hall–Kier alpha value is -2.18. The van der Waals surface area contributed by atoms with E-state index >= 15 is 0 Å². The Morgan fingerprint density at radius 2 is 1.92 bits per heavy atom. The van der Waals surface area contributed by atoms with Gasteiger partial charge in [0.05, 0.1) is 6.10 Å². The molecule has 0 fully saturated rings. The van der Waals surface area contributed by atoms with E-state index < -0.39 is 6.10 Å². The Morgan fingerprint density at radius 3 is 2.62 bits per heavy atom. The normalized spacial score (nSPS) is 12.3. The van der Waals surface area contributed by atoms with Crippen LogP contribution in [0.2, 0.25) is 0 Å². The Labute approximate surface area is 144 Å². The Morgan fingerprint density at radius 1 is 1.17 bits per heavy atom. The quantitative estimate of drug-likeness (QED) is 0.717. The van der Waals surface area contributed by atoms with Crippen LogP contribution in [0, 0.1) is 12.7 Å². The first-order valence-electron chi connectivity index (χ1n) is 7.58. The van der Waals surface area contributed by atoms with Gasteiger partial charge in [-0.25, -0.2) is 4.39 Å². The Bertz CT molecular complexity index is 836. The average molecular weight is 343 g/mol. The zero-order valence-electron chi connectivity index (χ0n) is 13.5. The number of aromatic nitrogens is 3. The van der Waals surface area contributed by atoms with Crippen LogP contribution < -0.4 is 0 Å². The smallest absolute Gasteiger partial charge is 0.191 e. The second-order valence-electron chi connectivity index (χ2n) is 5.56. The summed E-state index contributed by atoms with van der Waals surface area (Å²) >= 11 is 1.42. The third-order valence-corrected chi connectivity index (χ3v) is 4.92. The monoisotopic (exact) mass is 343 g/mol. The molecule has 0 saturated carbocycles. The van der Waals surface area contributed by atoms with Gasteiger partial charge in [-0.15, -0.1) is 10.2 Å². The van der Waals surface area contributed by atoms with Crippen molar-refractivity contribution in [1.29, 1.82) is 0 Å². The van der Waals surface area contributed by atoms with Gasteiger partial charge >= 0.3 is 0 Å². The Kier molecular flexibility index (Phi) is 4.97. The lowest BCUT2D eigenvalue weighted by atomic mass is 10.0. The molecule has 1 atom stereocenters. The lowest BCUT2D eigenvalue weighted by molar-refractivity contribution is 0.203. The number of aliphatic hydroxyl groups excluding tert-OH is 1. The number of rotatable bonds is 5. The highest BCUT2D eigenvalue weighted by Crippen LogP contribution is 2.27. The fourth-order valence-electron chi connectivity index (χ4n) is 2.54. The van der Waals surface area contributed by atoms with Crippen LogP contribution in [0.4, 0.5) is 4.39 Å². The van der Waals surface area contributed by atoms with Crippen molar-refractivity contribution in [2.24, 2.45) is 7.05 Å². The van der Waals surface area contributed by atoms with Gasteiger partial charge < -0.3 is 9.67 Å². The first-order chi connectivity index (χ1) is 11.6. The van der Waals surface area contributed by atoms with E-state index in [1.807, 2.05) is 41.9 Å². The van der Waals surface area contributed by atoms with Crippen LogP contribution in [0.1, 0.15) is 17.2 Å². The fraction of sp³-hybridized carbons (Fsp3) is 0.222. The van der Waals surface area contributed by atoms with E-state index in [9.17, 15) is 9.50 Å². The molecule has 0 aliphatic carbocycles. The molecule has 24 heavy (non-hydrogen) atoms. The van der Waals surface area contributed by atoms with Crippen molar-refractivity contribution in [2.75, 3.05) is 5.75 Å². The molecule has 0 aliphatic heterocycles. The number of hydrogen-bond acceptors (Lipinski definition) is 4. The SMILES string of the molecule is Cc1cc(F)ccc1C(O)CSc1nnc(-c2ccccc2)n1C. The fourth-order valence-corrected chi connectivity index (χ4v) is 3.40. The molecule has 0 spiro atoms. The van der Waals surface area contributed by atoms with E-state index in [4.69, 9.17) is 0 Å². The van der Waals surface area contributed by atoms with Gasteiger partial charge in [0.2, 0.25) is 0 Å². The van der Waals surface area contributed by atoms with Crippen LogP contribution in [0.3, 0.4) is 0 Å². The largest absolute Gasteiger partial charge is 0.388 e. The second kappa shape index (κ2) is 7.15. The van der Waals surface area contributed by atoms with E-state index in [1.54, 1.807) is 13.0 Å². The highest BCUT2D eigenvalue weighted by atomic mass is 32.2. The minimum absolute atomic E-state index is 0.295. The summed E-state index contributed by atoms with van der Waals surface area (Å²) in [6.07, 6.45) is -0.688. The molecule has 1 heterocycles. The summed E-state index contributed by atoms with van der Waals surface area (Å²) in [5.74, 6) is 0.912. The molecule has 0 saturated heterocycles. The summed E-state index contributed by atoms with van der Waals surface area (Å²) < 4.78 is 15.1. The number of hydrogen-bond donors (Lipinski definition) is 1. The number of aryl methyl sites for hydroxylation is 1. The predicted octanol–water partition coefficient (Wildman–Crippen LogP) is 3.76. The van der Waals surface area contributed by atoms with Crippen LogP contribution in [0.25, 0.3) is 11.4 Å². The van der Waals surface area contributed by atoms with E-state index in [1.165, 1.54) is 23.9 Å². The maximum Gasteiger partial charge on any atom is 0.191 e. The summed E-state index contributed by atoms with van der Waals surface area (Å²) in [5, 5.41) is 19.5. The van der Waals surface area contributed by atoms with Gasteiger partial charge in [0.1, 0.15) is 5.82 Å². The van der Waals surface area contributed by atoms with Crippen molar-refractivity contribution in [3.05, 3.63) is 65.5 Å². The number of halogens is 1. The predicted molar refractivity (Wildman–Crippen MR) is 93.3 cm³/mol. The lowest BCUT2D eigenvalue weighted by Crippen LogP contribution is -2.04. The molecule has 0 amide bonds. The van der Waals surface area contributed by atoms with Crippen LogP contribution in [0.15, 0.2) is 53.7 Å². The highest BCUT2D eigenvalue weighted by Gasteiger charge is 2.15. The van der Waals surface area contributed by atoms with Gasteiger partial charge in [-0.2, -0.15) is 0 Å². The van der Waals surface area contributed by atoms with Crippen molar-refractivity contribution in [1.82, 2.24) is 14.8 Å². The third-order valence-electron chi connectivity index (χ3n) is 3.83. The highest BCUT2D eigenvalue weighted by molar-refractivity contribution is 7.99. The lowest BCUT2D eigenvalue weighted by Gasteiger charge is -2.13. The Balaban J connectivity index is 1.72. The average Bonchev–Trinajstić information content (AvgIpc) is 2.94. The standard InChI is InChI=1S/C18H18FN3OS/c1-12-10-14(19)8-9-15(12)16(23)11-24-18-21-20-17(22(18)2)13-6-4-3-5-7-13/h3-10,16,23H,11H2,1-2H3. The van der Waals surface area contributed by atoms with Crippen LogP contribution in [-0.2, 0) is 7.05 Å². The van der Waals surface area contributed by atoms with E-state index in [0.717, 1.165) is 27.7 Å². The summed E-state index contributed by atoms with van der Waals surface area (Å²) in [4.78, 5) is 0. The molecule has 6 heteroatoms. The summed E-state index contributed by atoms with van der Waals surface area (Å²) in [6.45, 7) is 1.79. The van der Waals surface area contributed by atoms with Gasteiger partial charge in [-0.05, 0) is 30.2 Å². The van der Waals surface area contributed by atoms with Crippen molar-refractivity contribution in [2.45, 2.75) is 18.2 Å². The topological polar surface area (TPSA) is 50.9 Å². The van der Waals surface area contributed by atoms with Crippen LogP contribution in [0.5, 0.6) is 0 Å². The van der Waals surface area contributed by atoms with Crippen molar-refractivity contribution >= 4 is 11.8 Å². The molecule has 1 N–H and O–H groups in total. The van der Waals surface area contributed by atoms with E-state index in [0.29, 0.717) is 5.75 Å². The number of aliphatic hydroxyl groups is 1. The van der Waals surface area contributed by atoms with E-state index in [2.05, 4.69) is 10.2 Å². The molecule has 3 aromatic rings. The second-order valence-corrected chi connectivity index (χ2v) is 6.55. The zero-order valence-corrected chi connectivity index (χ0v) is 14.3. The minimum Gasteiger partial charge on any atom is -0.388 e. The van der Waals surface area contributed by atoms with Gasteiger partial charge in [0.25, 0.3) is 0 Å². The van der Waals surface area contributed by atoms with Gasteiger partial charge in [-0.3, -0.25) is 0 Å². The molecular weight excluding hydrogens is 325 g/mol. The molecule has 1 unspecified atom stereocenters. The van der Waals surface area contributed by atoms with Crippen molar-refractivity contribution < 1.29 is 9.50 Å². The number of benzene rings is 2. The molecule has 2 aromatic carbocycles. The summed E-state index contributed by atoms with van der Waals surface area (Å²) in [5.41, 5.74) is 2.47. The molecule has 1 aromatic heterocycles. The first kappa shape index (κ1) is 16.7. The van der Waals surface area contributed by atoms with Gasteiger partial charge in [-0.1, -0.05) is 48.2 Å². The molecule has 124 valence electrons. The molecule has 0 radical (unpaired) electrons. The van der Waals surface area contributed by atoms with Crippen molar-refractivity contribution in [3.63, 3.8) is 0 Å². The number of thioether (sulfide) groups is 1. The summed E-state index contributed by atoms with van der Waals surface area (Å²) in [6, 6.07) is 14.3. The molecular formula is C18H18FN3OS. The number of nitrogens with zero attached hydrogens (tertiary/aromatic N) is 3. The molecule has 3 rings (SSSR count). The van der Waals surface area contributed by atoms with Gasteiger partial charge in [0, 0.05) is 18.4 Å². The zero-order chi connectivity index (χ0) is 17.1. The minimum atomic E-state index is -0.688. The molecule has 0 bridgehead atoms. The summed E-state index contributed by atoms with van der Waals surface area (Å²) in [7, 11) is 1.90. The maximum absolute atomic E-state index is 13.2. The molecule has 0 aliphatic rings. The van der Waals surface area contributed by atoms with E-state index in [-0.39, 0.29) is 5.82 Å². The first-order valence-corrected chi connectivity index (χ1v) is 8.56. The van der Waals surface area contributed by atoms with Crippen LogP contribution >= 0.6 is 11.8 Å². The van der Waals surface area contributed by atoms with Crippen LogP contribution in [-0.4, -0.2) is 25.6 Å².